The van der Waals surface area contributed by atoms with Crippen LogP contribution >= 0.6 is 11.8 Å². The van der Waals surface area contributed by atoms with Crippen molar-refractivity contribution < 1.29 is 14.3 Å². The van der Waals surface area contributed by atoms with Crippen LogP contribution in [0, 0.1) is 5.92 Å². The average molecular weight is 362 g/mol. The maximum Gasteiger partial charge on any atom is 0.230 e. The molecule has 0 aliphatic carbocycles. The number of nitrogens with one attached hydrogen (secondary N) is 2. The molecule has 2 aromatic rings. The zero-order valence-corrected chi connectivity index (χ0v) is 15.1. The summed E-state index contributed by atoms with van der Waals surface area (Å²) >= 11 is 1.32. The topological polar surface area (TPSA) is 89.1 Å². The number of carbonyl (C=O) groups is 1. The third-order valence-corrected chi connectivity index (χ3v) is 4.72. The lowest BCUT2D eigenvalue weighted by Crippen LogP contribution is -2.33. The van der Waals surface area contributed by atoms with Gasteiger partial charge in [-0.15, -0.1) is 0 Å². The van der Waals surface area contributed by atoms with Gasteiger partial charge in [0.15, 0.2) is 16.7 Å². The number of hydrogen-bond acceptors (Lipinski definition) is 6. The molecule has 8 heteroatoms. The van der Waals surface area contributed by atoms with Gasteiger partial charge in [-0.25, -0.2) is 4.98 Å². The fraction of sp³-hybridized carbons (Fsp3) is 0.471. The zero-order chi connectivity index (χ0) is 17.6. The third-order valence-electron chi connectivity index (χ3n) is 3.85. The van der Waals surface area contributed by atoms with E-state index in [0.29, 0.717) is 18.4 Å². The molecule has 0 saturated carbocycles. The molecule has 1 aliphatic rings. The van der Waals surface area contributed by atoms with Crippen molar-refractivity contribution >= 4 is 17.7 Å². The minimum absolute atomic E-state index is 0.0489. The van der Waals surface area contributed by atoms with Crippen LogP contribution < -0.4 is 14.8 Å². The Balaban J connectivity index is 1.68. The van der Waals surface area contributed by atoms with Gasteiger partial charge < -0.3 is 14.8 Å². The molecule has 2 N–H and O–H groups in total. The highest BCUT2D eigenvalue weighted by Gasteiger charge is 2.21. The van der Waals surface area contributed by atoms with Crippen LogP contribution in [0.25, 0.3) is 0 Å². The Morgan fingerprint density at radius 3 is 2.84 bits per heavy atom. The number of carbonyl (C=O) groups excluding carboxylic acids is 1. The molecule has 1 aromatic heterocycles. The molecule has 0 bridgehead atoms. The molecule has 3 rings (SSSR count). The molecule has 0 radical (unpaired) electrons. The lowest BCUT2D eigenvalue weighted by molar-refractivity contribution is -0.119. The van der Waals surface area contributed by atoms with Crippen LogP contribution in [0.15, 0.2) is 29.7 Å². The van der Waals surface area contributed by atoms with Gasteiger partial charge >= 0.3 is 0 Å². The normalized spacial score (nSPS) is 14.8. The molecule has 0 fully saturated rings. The van der Waals surface area contributed by atoms with Gasteiger partial charge in [0.05, 0.1) is 25.0 Å². The van der Waals surface area contributed by atoms with Crippen LogP contribution in [0.2, 0.25) is 0 Å². The van der Waals surface area contributed by atoms with E-state index >= 15 is 0 Å². The van der Waals surface area contributed by atoms with Crippen molar-refractivity contribution in [3.8, 4) is 11.5 Å². The Morgan fingerprint density at radius 1 is 1.32 bits per heavy atom. The summed E-state index contributed by atoms with van der Waals surface area (Å²) in [4.78, 5) is 16.3. The van der Waals surface area contributed by atoms with Crippen LogP contribution in [0.3, 0.4) is 0 Å². The largest absolute Gasteiger partial charge is 0.490 e. The second-order valence-electron chi connectivity index (χ2n) is 6.13. The Morgan fingerprint density at radius 2 is 2.12 bits per heavy atom. The molecule has 1 unspecified atom stereocenters. The Hall–Kier alpha value is -2.22. The predicted molar refractivity (Wildman–Crippen MR) is 94.9 cm³/mol. The Kier molecular flexibility index (Phi) is 5.80. The van der Waals surface area contributed by atoms with Crippen molar-refractivity contribution in [2.45, 2.75) is 31.5 Å². The van der Waals surface area contributed by atoms with E-state index < -0.39 is 0 Å². The maximum absolute atomic E-state index is 12.3. The molecule has 0 spiro atoms. The van der Waals surface area contributed by atoms with E-state index in [1.807, 2.05) is 18.2 Å². The number of nitrogens with zero attached hydrogens (tertiary/aromatic N) is 2. The highest BCUT2D eigenvalue weighted by atomic mass is 32.2. The summed E-state index contributed by atoms with van der Waals surface area (Å²) in [6.07, 6.45) is 2.29. The molecule has 1 aromatic carbocycles. The number of amides is 1. The van der Waals surface area contributed by atoms with Crippen molar-refractivity contribution in [2.24, 2.45) is 5.92 Å². The Bertz CT molecular complexity index is 706. The molecular formula is C17H22N4O3S. The number of aromatic nitrogens is 3. The van der Waals surface area contributed by atoms with Gasteiger partial charge in [-0.2, -0.15) is 5.10 Å². The van der Waals surface area contributed by atoms with Crippen LogP contribution in [0.1, 0.15) is 31.9 Å². The molecule has 2 heterocycles. The third kappa shape index (κ3) is 4.66. The van der Waals surface area contributed by atoms with E-state index in [0.717, 1.165) is 23.5 Å². The van der Waals surface area contributed by atoms with E-state index in [9.17, 15) is 4.79 Å². The number of thioether (sulfide) groups is 1. The van der Waals surface area contributed by atoms with Crippen molar-refractivity contribution in [1.82, 2.24) is 20.5 Å². The number of aromatic amines is 1. The highest BCUT2D eigenvalue weighted by Crippen LogP contribution is 2.34. The minimum Gasteiger partial charge on any atom is -0.490 e. The van der Waals surface area contributed by atoms with Gasteiger partial charge in [0.1, 0.15) is 6.33 Å². The summed E-state index contributed by atoms with van der Waals surface area (Å²) in [5, 5.41) is 10.2. The smallest absolute Gasteiger partial charge is 0.230 e. The number of hydrogen-bond donors (Lipinski definition) is 2. The number of fused-ring (bicyclic) bond motifs is 1. The molecule has 0 saturated heterocycles. The fourth-order valence-corrected chi connectivity index (χ4v) is 3.21. The van der Waals surface area contributed by atoms with Gasteiger partial charge in [-0.05, 0) is 23.6 Å². The molecule has 1 atom stereocenters. The van der Waals surface area contributed by atoms with Crippen LogP contribution in [-0.4, -0.2) is 40.1 Å². The fourth-order valence-electron chi connectivity index (χ4n) is 2.62. The quantitative estimate of drug-likeness (QED) is 0.768. The Labute approximate surface area is 150 Å². The van der Waals surface area contributed by atoms with E-state index in [2.05, 4.69) is 34.3 Å². The standard InChI is InChI=1S/C17H22N4O3S/c1-11(2)16(20-15(22)9-25-17-18-10-19-21-17)12-4-5-13-14(8-12)24-7-3-6-23-13/h4-5,8,10-11,16H,3,6-7,9H2,1-2H3,(H,20,22)(H,18,19,21). The monoisotopic (exact) mass is 362 g/mol. The minimum atomic E-state index is -0.0972. The summed E-state index contributed by atoms with van der Waals surface area (Å²) in [6.45, 7) is 5.47. The summed E-state index contributed by atoms with van der Waals surface area (Å²) in [6, 6.07) is 5.78. The summed E-state index contributed by atoms with van der Waals surface area (Å²) in [5.41, 5.74) is 1.01. The first-order chi connectivity index (χ1) is 12.1. The van der Waals surface area contributed by atoms with Gasteiger partial charge in [0, 0.05) is 6.42 Å². The molecule has 25 heavy (non-hydrogen) atoms. The second kappa shape index (κ2) is 8.24. The van der Waals surface area contributed by atoms with E-state index in [1.165, 1.54) is 18.1 Å². The number of H-pyrrole nitrogens is 1. The van der Waals surface area contributed by atoms with Crippen LogP contribution in [0.4, 0.5) is 0 Å². The zero-order valence-electron chi connectivity index (χ0n) is 14.3. The maximum atomic E-state index is 12.3. The number of ether oxygens (including phenoxy) is 2. The molecule has 7 nitrogen and oxygen atoms in total. The first-order valence-corrected chi connectivity index (χ1v) is 9.29. The van der Waals surface area contributed by atoms with Gasteiger partial charge in [-0.1, -0.05) is 31.7 Å². The van der Waals surface area contributed by atoms with Crippen molar-refractivity contribution in [2.75, 3.05) is 19.0 Å². The summed E-state index contributed by atoms with van der Waals surface area (Å²) < 4.78 is 11.4. The predicted octanol–water partition coefficient (Wildman–Crippen LogP) is 2.57. The molecule has 1 amide bonds. The summed E-state index contributed by atoms with van der Waals surface area (Å²) in [5.74, 6) is 1.97. The molecule has 1 aliphatic heterocycles. The lowest BCUT2D eigenvalue weighted by atomic mass is 9.95. The van der Waals surface area contributed by atoms with Crippen molar-refractivity contribution in [3.05, 3.63) is 30.1 Å². The van der Waals surface area contributed by atoms with Gasteiger partial charge in [0.2, 0.25) is 5.91 Å². The molecular weight excluding hydrogens is 340 g/mol. The summed E-state index contributed by atoms with van der Waals surface area (Å²) in [7, 11) is 0. The van der Waals surface area contributed by atoms with Crippen LogP contribution in [-0.2, 0) is 4.79 Å². The van der Waals surface area contributed by atoms with E-state index in [1.54, 1.807) is 0 Å². The van der Waals surface area contributed by atoms with Crippen LogP contribution in [0.5, 0.6) is 11.5 Å². The van der Waals surface area contributed by atoms with Crippen molar-refractivity contribution in [3.63, 3.8) is 0 Å². The number of rotatable bonds is 6. The average Bonchev–Trinajstić information content (AvgIpc) is 3.01. The van der Waals surface area contributed by atoms with Gasteiger partial charge in [-0.3, -0.25) is 9.89 Å². The molecule has 134 valence electrons. The van der Waals surface area contributed by atoms with Crippen molar-refractivity contribution in [1.29, 1.82) is 0 Å². The van der Waals surface area contributed by atoms with E-state index in [-0.39, 0.29) is 23.6 Å². The highest BCUT2D eigenvalue weighted by molar-refractivity contribution is 7.99. The first-order valence-electron chi connectivity index (χ1n) is 8.30. The number of benzene rings is 1. The van der Waals surface area contributed by atoms with Gasteiger partial charge in [0.25, 0.3) is 0 Å². The lowest BCUT2D eigenvalue weighted by Gasteiger charge is -2.23. The van der Waals surface area contributed by atoms with E-state index in [4.69, 9.17) is 9.47 Å². The SMILES string of the molecule is CC(C)C(NC(=O)CSc1ncn[nH]1)c1ccc2c(c1)OCCCO2. The first kappa shape index (κ1) is 17.6. The second-order valence-corrected chi connectivity index (χ2v) is 7.09.